The quantitative estimate of drug-likeness (QED) is 0.274. The lowest BCUT2D eigenvalue weighted by atomic mass is 9.81. The van der Waals surface area contributed by atoms with E-state index >= 15 is 0 Å². The number of amides is 1. The number of carboxylic acids is 1. The Balaban J connectivity index is 1.53. The van der Waals surface area contributed by atoms with Gasteiger partial charge in [-0.05, 0) is 80.7 Å². The summed E-state index contributed by atoms with van der Waals surface area (Å²) < 4.78 is 45.4. The van der Waals surface area contributed by atoms with Crippen molar-refractivity contribution in [2.45, 2.75) is 90.3 Å². The smallest absolute Gasteiger partial charge is 0.408 e. The number of carbonyl (C=O) groups excluding carboxylic acids is 1. The van der Waals surface area contributed by atoms with Crippen LogP contribution >= 0.6 is 11.3 Å². The minimum absolute atomic E-state index is 0.0535. The highest BCUT2D eigenvalue weighted by atomic mass is 32.1. The SMILES string of the molecule is CC(NC(=O)c1cc(-c2sc(-c3nnc(CC(C)(C)C(=O)O)o3)nc2CC2CCC2)cc(C2(C)CC2)c1)C(F)(F)F. The summed E-state index contributed by atoms with van der Waals surface area (Å²) in [6.45, 7) is 6.16. The third-order valence-corrected chi connectivity index (χ3v) is 9.35. The molecule has 0 radical (unpaired) electrons. The van der Waals surface area contributed by atoms with E-state index in [-0.39, 0.29) is 29.2 Å². The summed E-state index contributed by atoms with van der Waals surface area (Å²) in [6.07, 6.45) is 1.39. The van der Waals surface area contributed by atoms with Gasteiger partial charge in [0.05, 0.1) is 16.0 Å². The zero-order valence-corrected chi connectivity index (χ0v) is 24.2. The van der Waals surface area contributed by atoms with Crippen LogP contribution in [0, 0.1) is 11.3 Å². The monoisotopic (exact) mass is 590 g/mol. The molecule has 0 spiro atoms. The summed E-state index contributed by atoms with van der Waals surface area (Å²) in [5.74, 6) is -0.932. The van der Waals surface area contributed by atoms with Crippen molar-refractivity contribution in [1.29, 1.82) is 0 Å². The van der Waals surface area contributed by atoms with Crippen molar-refractivity contribution in [3.05, 3.63) is 40.9 Å². The largest absolute Gasteiger partial charge is 0.481 e. The summed E-state index contributed by atoms with van der Waals surface area (Å²) in [6, 6.07) is 3.34. The van der Waals surface area contributed by atoms with Gasteiger partial charge in [0.15, 0.2) is 5.01 Å². The molecule has 2 saturated carbocycles. The number of halogens is 3. The summed E-state index contributed by atoms with van der Waals surface area (Å²) in [5, 5.41) is 20.2. The second-order valence-corrected chi connectivity index (χ2v) is 13.3. The predicted molar refractivity (Wildman–Crippen MR) is 147 cm³/mol. The summed E-state index contributed by atoms with van der Waals surface area (Å²) in [5.41, 5.74) is 1.37. The van der Waals surface area contributed by atoms with Gasteiger partial charge in [0.1, 0.15) is 6.04 Å². The van der Waals surface area contributed by atoms with Gasteiger partial charge < -0.3 is 14.8 Å². The summed E-state index contributed by atoms with van der Waals surface area (Å²) in [7, 11) is 0. The Bertz CT molecular complexity index is 1470. The van der Waals surface area contributed by atoms with Crippen molar-refractivity contribution in [2.24, 2.45) is 11.3 Å². The summed E-state index contributed by atoms with van der Waals surface area (Å²) in [4.78, 5) is 30.2. The first-order valence-electron chi connectivity index (χ1n) is 13.7. The molecule has 5 rings (SSSR count). The highest BCUT2D eigenvalue weighted by Crippen LogP contribution is 2.49. The van der Waals surface area contributed by atoms with Crippen molar-refractivity contribution >= 4 is 23.2 Å². The van der Waals surface area contributed by atoms with Gasteiger partial charge >= 0.3 is 12.1 Å². The Labute approximate surface area is 239 Å². The third-order valence-electron chi connectivity index (χ3n) is 8.22. The van der Waals surface area contributed by atoms with Gasteiger partial charge in [0, 0.05) is 12.0 Å². The molecule has 1 atom stereocenters. The van der Waals surface area contributed by atoms with E-state index in [0.29, 0.717) is 22.9 Å². The van der Waals surface area contributed by atoms with Crippen LogP contribution in [0.1, 0.15) is 87.3 Å². The first kappa shape index (κ1) is 29.2. The Hall–Kier alpha value is -3.28. The van der Waals surface area contributed by atoms with Crippen LogP contribution in [0.4, 0.5) is 13.2 Å². The molecular formula is C29H33F3N4O4S. The Morgan fingerprint density at radius 1 is 1.20 bits per heavy atom. The van der Waals surface area contributed by atoms with Crippen LogP contribution in [0.3, 0.4) is 0 Å². The van der Waals surface area contributed by atoms with Gasteiger partial charge in [-0.15, -0.1) is 21.5 Å². The highest BCUT2D eigenvalue weighted by Gasteiger charge is 2.41. The maximum Gasteiger partial charge on any atom is 0.408 e. The topological polar surface area (TPSA) is 118 Å². The van der Waals surface area contributed by atoms with Crippen molar-refractivity contribution in [3.63, 3.8) is 0 Å². The molecule has 0 aliphatic heterocycles. The number of aliphatic carboxylic acids is 1. The Morgan fingerprint density at radius 2 is 1.90 bits per heavy atom. The molecule has 1 unspecified atom stereocenters. The van der Waals surface area contributed by atoms with Gasteiger partial charge in [0.25, 0.3) is 11.8 Å². The lowest BCUT2D eigenvalue weighted by Crippen LogP contribution is -2.43. The van der Waals surface area contributed by atoms with Gasteiger partial charge in [-0.1, -0.05) is 26.2 Å². The van der Waals surface area contributed by atoms with E-state index in [1.165, 1.54) is 11.3 Å². The third kappa shape index (κ3) is 6.32. The fourth-order valence-corrected chi connectivity index (χ4v) is 5.72. The minimum atomic E-state index is -4.55. The average molecular weight is 591 g/mol. The first-order valence-corrected chi connectivity index (χ1v) is 14.6. The molecule has 2 aromatic heterocycles. The van der Waals surface area contributed by atoms with Gasteiger partial charge in [-0.2, -0.15) is 13.2 Å². The Kier molecular flexibility index (Phi) is 7.50. The average Bonchev–Trinajstić information content (AvgIpc) is 3.26. The molecule has 1 aromatic carbocycles. The molecule has 41 heavy (non-hydrogen) atoms. The first-order chi connectivity index (χ1) is 19.1. The molecule has 2 aliphatic carbocycles. The summed E-state index contributed by atoms with van der Waals surface area (Å²) >= 11 is 1.32. The van der Waals surface area contributed by atoms with Gasteiger partial charge in [0.2, 0.25) is 5.89 Å². The fraction of sp³-hybridized carbons (Fsp3) is 0.552. The molecule has 2 aliphatic rings. The van der Waals surface area contributed by atoms with E-state index in [4.69, 9.17) is 9.40 Å². The van der Waals surface area contributed by atoms with E-state index in [9.17, 15) is 27.9 Å². The highest BCUT2D eigenvalue weighted by molar-refractivity contribution is 7.18. The zero-order valence-electron chi connectivity index (χ0n) is 23.4. The normalized spacial score (nSPS) is 17.6. The van der Waals surface area contributed by atoms with E-state index in [2.05, 4.69) is 22.4 Å². The van der Waals surface area contributed by atoms with Crippen LogP contribution in [-0.4, -0.2) is 44.4 Å². The molecule has 3 aromatic rings. The number of hydrogen-bond acceptors (Lipinski definition) is 7. The van der Waals surface area contributed by atoms with E-state index in [1.807, 2.05) is 6.07 Å². The number of hydrogen-bond donors (Lipinski definition) is 2. The van der Waals surface area contributed by atoms with Crippen LogP contribution < -0.4 is 5.32 Å². The zero-order chi connectivity index (χ0) is 29.7. The molecule has 8 nitrogen and oxygen atoms in total. The fourth-order valence-electron chi connectivity index (χ4n) is 4.72. The van der Waals surface area contributed by atoms with Gasteiger partial charge in [-0.25, -0.2) is 4.98 Å². The predicted octanol–water partition coefficient (Wildman–Crippen LogP) is 6.59. The number of thiazole rings is 1. The number of aromatic nitrogens is 3. The second-order valence-electron chi connectivity index (χ2n) is 12.3. The van der Waals surface area contributed by atoms with Crippen molar-refractivity contribution in [1.82, 2.24) is 20.5 Å². The standard InChI is InChI=1S/C29H33F3N4O4S/c1-15(29(30,31)32)33-23(37)18-11-17(12-19(13-18)28(4)8-9-28)22-20(10-16-6-5-7-16)34-25(41-22)24-36-35-21(40-24)14-27(2,3)26(38)39/h11-13,15-16H,5-10,14H2,1-4H3,(H,33,37)(H,38,39). The van der Waals surface area contributed by atoms with Crippen molar-refractivity contribution < 1.29 is 32.3 Å². The lowest BCUT2D eigenvalue weighted by Gasteiger charge is -2.25. The Morgan fingerprint density at radius 3 is 2.49 bits per heavy atom. The maximum absolute atomic E-state index is 13.2. The number of carbonyl (C=O) groups is 2. The molecule has 220 valence electrons. The molecule has 1 amide bonds. The number of rotatable bonds is 10. The van der Waals surface area contributed by atoms with Crippen LogP contribution in [0.2, 0.25) is 0 Å². The van der Waals surface area contributed by atoms with E-state index in [1.54, 1.807) is 26.0 Å². The molecule has 0 saturated heterocycles. The number of nitrogens with zero attached hydrogens (tertiary/aromatic N) is 3. The minimum Gasteiger partial charge on any atom is -0.481 e. The number of nitrogens with one attached hydrogen (secondary N) is 1. The number of carboxylic acid groups (broad SMARTS) is 1. The second kappa shape index (κ2) is 10.5. The van der Waals surface area contributed by atoms with Crippen LogP contribution in [0.15, 0.2) is 22.6 Å². The van der Waals surface area contributed by atoms with E-state index in [0.717, 1.165) is 55.2 Å². The van der Waals surface area contributed by atoms with E-state index < -0.39 is 29.5 Å². The molecule has 0 bridgehead atoms. The van der Waals surface area contributed by atoms with Crippen LogP contribution in [-0.2, 0) is 23.1 Å². The van der Waals surface area contributed by atoms with Crippen molar-refractivity contribution in [2.75, 3.05) is 0 Å². The van der Waals surface area contributed by atoms with Crippen LogP contribution in [0.25, 0.3) is 21.3 Å². The maximum atomic E-state index is 13.2. The molecule has 12 heteroatoms. The number of benzene rings is 1. The van der Waals surface area contributed by atoms with Crippen molar-refractivity contribution in [3.8, 4) is 21.3 Å². The molecular weight excluding hydrogens is 557 g/mol. The van der Waals surface area contributed by atoms with Crippen LogP contribution in [0.5, 0.6) is 0 Å². The van der Waals surface area contributed by atoms with Gasteiger partial charge in [-0.3, -0.25) is 9.59 Å². The molecule has 2 fully saturated rings. The molecule has 2 N–H and O–H groups in total. The molecule has 2 heterocycles. The number of alkyl halides is 3. The lowest BCUT2D eigenvalue weighted by molar-refractivity contribution is -0.149.